The van der Waals surface area contributed by atoms with Crippen molar-refractivity contribution in [3.8, 4) is 5.75 Å². The lowest BCUT2D eigenvalue weighted by Crippen LogP contribution is -2.11. The molecule has 0 aliphatic rings. The molecule has 0 radical (unpaired) electrons. The number of anilines is 1. The van der Waals surface area contributed by atoms with Gasteiger partial charge in [-0.1, -0.05) is 12.1 Å². The summed E-state index contributed by atoms with van der Waals surface area (Å²) < 4.78 is 23.1. The molecule has 0 saturated heterocycles. The summed E-state index contributed by atoms with van der Waals surface area (Å²) in [5.74, 6) is 0.00728. The number of ether oxygens (including phenoxy) is 2. The van der Waals surface area contributed by atoms with Gasteiger partial charge in [0.15, 0.2) is 0 Å². The highest BCUT2D eigenvalue weighted by Crippen LogP contribution is 2.12. The van der Waals surface area contributed by atoms with Crippen molar-refractivity contribution in [1.29, 1.82) is 0 Å². The second-order valence-corrected chi connectivity index (χ2v) is 4.94. The largest absolute Gasteiger partial charge is 0.492 e. The zero-order chi connectivity index (χ0) is 17.2. The highest BCUT2D eigenvalue weighted by atomic mass is 19.1. The Morgan fingerprint density at radius 1 is 1.12 bits per heavy atom. The van der Waals surface area contributed by atoms with Crippen molar-refractivity contribution >= 4 is 17.7 Å². The molecule has 0 heterocycles. The van der Waals surface area contributed by atoms with Crippen LogP contribution < -0.4 is 10.1 Å². The predicted molar refractivity (Wildman–Crippen MR) is 92.5 cm³/mol. The van der Waals surface area contributed by atoms with Crippen molar-refractivity contribution in [2.75, 3.05) is 25.1 Å². The van der Waals surface area contributed by atoms with Gasteiger partial charge in [-0.15, -0.1) is 0 Å². The van der Waals surface area contributed by atoms with Gasteiger partial charge in [0.2, 0.25) is 0 Å². The molecule has 1 N–H and O–H groups in total. The van der Waals surface area contributed by atoms with Gasteiger partial charge in [0, 0.05) is 18.3 Å². The Morgan fingerprint density at radius 3 is 2.50 bits per heavy atom. The lowest BCUT2D eigenvalue weighted by Gasteiger charge is -2.08. The normalized spacial score (nSPS) is 10.6. The van der Waals surface area contributed by atoms with Crippen molar-refractivity contribution in [3.05, 3.63) is 66.0 Å². The third kappa shape index (κ3) is 6.12. The molecule has 0 fully saturated rings. The van der Waals surface area contributed by atoms with Gasteiger partial charge in [-0.05, 0) is 55.0 Å². The SMILES string of the molecule is CCOC(=O)/C=C/c1ccc(NCCOc2ccc(F)cc2)cc1. The minimum absolute atomic E-state index is 0.280. The summed E-state index contributed by atoms with van der Waals surface area (Å²) in [7, 11) is 0. The van der Waals surface area contributed by atoms with Crippen molar-refractivity contribution in [2.45, 2.75) is 6.92 Å². The van der Waals surface area contributed by atoms with Crippen LogP contribution in [0.15, 0.2) is 54.6 Å². The number of hydrogen-bond acceptors (Lipinski definition) is 4. The number of benzene rings is 2. The Kier molecular flexibility index (Phi) is 6.83. The fourth-order valence-corrected chi connectivity index (χ4v) is 1.96. The minimum Gasteiger partial charge on any atom is -0.492 e. The zero-order valence-corrected chi connectivity index (χ0v) is 13.5. The van der Waals surface area contributed by atoms with Crippen LogP contribution in [-0.4, -0.2) is 25.7 Å². The van der Waals surface area contributed by atoms with Crippen LogP contribution in [0.4, 0.5) is 10.1 Å². The summed E-state index contributed by atoms with van der Waals surface area (Å²) in [5, 5.41) is 3.22. The first-order chi connectivity index (χ1) is 11.7. The van der Waals surface area contributed by atoms with E-state index in [-0.39, 0.29) is 11.8 Å². The Hall–Kier alpha value is -2.82. The smallest absolute Gasteiger partial charge is 0.330 e. The molecule has 24 heavy (non-hydrogen) atoms. The van der Waals surface area contributed by atoms with Crippen LogP contribution in [0.1, 0.15) is 12.5 Å². The Morgan fingerprint density at radius 2 is 1.83 bits per heavy atom. The number of hydrogen-bond donors (Lipinski definition) is 1. The molecule has 2 aromatic rings. The summed E-state index contributed by atoms with van der Waals surface area (Å²) in [6, 6.07) is 13.6. The lowest BCUT2D eigenvalue weighted by molar-refractivity contribution is -0.137. The van der Waals surface area contributed by atoms with Crippen LogP contribution in [0.2, 0.25) is 0 Å². The number of nitrogens with one attached hydrogen (secondary N) is 1. The molecular weight excluding hydrogens is 309 g/mol. The van der Waals surface area contributed by atoms with Crippen molar-refractivity contribution in [3.63, 3.8) is 0 Å². The second-order valence-electron chi connectivity index (χ2n) is 4.94. The second kappa shape index (κ2) is 9.35. The molecule has 4 nitrogen and oxygen atoms in total. The topological polar surface area (TPSA) is 47.6 Å². The van der Waals surface area contributed by atoms with Crippen LogP contribution in [0.5, 0.6) is 5.75 Å². The molecule has 2 rings (SSSR count). The molecule has 0 aliphatic carbocycles. The van der Waals surface area contributed by atoms with Gasteiger partial charge in [0.05, 0.1) is 6.61 Å². The maximum Gasteiger partial charge on any atom is 0.330 e. The summed E-state index contributed by atoms with van der Waals surface area (Å²) in [5.41, 5.74) is 1.86. The van der Waals surface area contributed by atoms with Gasteiger partial charge in [-0.25, -0.2) is 9.18 Å². The van der Waals surface area contributed by atoms with E-state index < -0.39 is 0 Å². The Labute approximate surface area is 140 Å². The standard InChI is InChI=1S/C19H20FNO3/c1-2-23-19(22)12-5-15-3-8-17(9-4-15)21-13-14-24-18-10-6-16(20)7-11-18/h3-12,21H,2,13-14H2,1H3/b12-5+. The third-order valence-electron chi connectivity index (χ3n) is 3.12. The van der Waals surface area contributed by atoms with Gasteiger partial charge in [-0.3, -0.25) is 0 Å². The molecule has 0 aliphatic heterocycles. The third-order valence-corrected chi connectivity index (χ3v) is 3.12. The molecule has 2 aromatic carbocycles. The van der Waals surface area contributed by atoms with Crippen LogP contribution in [0.25, 0.3) is 6.08 Å². The highest BCUT2D eigenvalue weighted by molar-refractivity contribution is 5.87. The number of halogens is 1. The minimum atomic E-state index is -0.349. The Bertz CT molecular complexity index is 666. The van der Waals surface area contributed by atoms with Crippen molar-refractivity contribution in [1.82, 2.24) is 0 Å². The molecule has 0 atom stereocenters. The number of carbonyl (C=O) groups is 1. The average Bonchev–Trinajstić information content (AvgIpc) is 2.60. The average molecular weight is 329 g/mol. The summed E-state index contributed by atoms with van der Waals surface area (Å²) in [6.45, 7) is 3.23. The molecular formula is C19H20FNO3. The van der Waals surface area contributed by atoms with Gasteiger partial charge < -0.3 is 14.8 Å². The summed E-state index contributed by atoms with van der Waals surface area (Å²) in [6.07, 6.45) is 3.11. The van der Waals surface area contributed by atoms with Crippen LogP contribution in [0, 0.1) is 5.82 Å². The molecule has 0 aromatic heterocycles. The predicted octanol–water partition coefficient (Wildman–Crippen LogP) is 3.89. The molecule has 0 saturated carbocycles. The first-order valence-corrected chi connectivity index (χ1v) is 7.74. The highest BCUT2D eigenvalue weighted by Gasteiger charge is 1.97. The molecule has 5 heteroatoms. The monoisotopic (exact) mass is 329 g/mol. The van der Waals surface area contributed by atoms with Gasteiger partial charge >= 0.3 is 5.97 Å². The fourth-order valence-electron chi connectivity index (χ4n) is 1.96. The molecule has 0 bridgehead atoms. The van der Waals surface area contributed by atoms with E-state index in [0.717, 1.165) is 11.3 Å². The van der Waals surface area contributed by atoms with Gasteiger partial charge in [0.1, 0.15) is 18.2 Å². The Balaban J connectivity index is 1.73. The van der Waals surface area contributed by atoms with Crippen LogP contribution >= 0.6 is 0 Å². The molecule has 0 amide bonds. The molecule has 0 unspecified atom stereocenters. The van der Waals surface area contributed by atoms with Gasteiger partial charge in [0.25, 0.3) is 0 Å². The van der Waals surface area contributed by atoms with E-state index in [0.29, 0.717) is 25.5 Å². The van der Waals surface area contributed by atoms with E-state index in [1.807, 2.05) is 24.3 Å². The summed E-state index contributed by atoms with van der Waals surface area (Å²) >= 11 is 0. The zero-order valence-electron chi connectivity index (χ0n) is 13.5. The maximum absolute atomic E-state index is 12.8. The van der Waals surface area contributed by atoms with Crippen molar-refractivity contribution < 1.29 is 18.7 Å². The van der Waals surface area contributed by atoms with Gasteiger partial charge in [-0.2, -0.15) is 0 Å². The lowest BCUT2D eigenvalue weighted by atomic mass is 10.2. The number of esters is 1. The van der Waals surface area contributed by atoms with E-state index in [2.05, 4.69) is 5.32 Å². The van der Waals surface area contributed by atoms with E-state index >= 15 is 0 Å². The first kappa shape index (κ1) is 17.5. The molecule has 126 valence electrons. The maximum atomic E-state index is 12.8. The van der Waals surface area contributed by atoms with E-state index in [1.165, 1.54) is 18.2 Å². The molecule has 0 spiro atoms. The van der Waals surface area contributed by atoms with E-state index in [4.69, 9.17) is 9.47 Å². The van der Waals surface area contributed by atoms with Crippen LogP contribution in [0.3, 0.4) is 0 Å². The number of rotatable bonds is 8. The van der Waals surface area contributed by atoms with E-state index in [9.17, 15) is 9.18 Å². The van der Waals surface area contributed by atoms with Crippen LogP contribution in [-0.2, 0) is 9.53 Å². The summed E-state index contributed by atoms with van der Waals surface area (Å²) in [4.78, 5) is 11.2. The van der Waals surface area contributed by atoms with E-state index in [1.54, 1.807) is 25.1 Å². The van der Waals surface area contributed by atoms with Crippen molar-refractivity contribution in [2.24, 2.45) is 0 Å². The number of carbonyl (C=O) groups excluding carboxylic acids is 1. The fraction of sp³-hybridized carbons (Fsp3) is 0.211. The first-order valence-electron chi connectivity index (χ1n) is 7.74. The quantitative estimate of drug-likeness (QED) is 0.453.